The van der Waals surface area contributed by atoms with Gasteiger partial charge >= 0.3 is 11.5 Å². The number of aryl methyl sites for hydroxylation is 2. The van der Waals surface area contributed by atoms with Crippen LogP contribution in [0.5, 0.6) is 0 Å². The Morgan fingerprint density at radius 1 is 1.18 bits per heavy atom. The molecule has 0 bridgehead atoms. The smallest absolute Gasteiger partial charge is 0.446 e. The standard InChI is InChI=1S/C22H23F3N4O3S/c1-6-31-21(30)15-10-12(3)18(13(4)28-32-7-2)27-19(15)20-26-16-11-14(33-22(23,24)25)8-9-17(16)29(20)5/h8-11H,6-7H2,1-5H3/b28-13+. The molecule has 2 aromatic heterocycles. The summed E-state index contributed by atoms with van der Waals surface area (Å²) in [4.78, 5) is 27.0. The second kappa shape index (κ2) is 9.82. The lowest BCUT2D eigenvalue weighted by Gasteiger charge is -2.13. The summed E-state index contributed by atoms with van der Waals surface area (Å²) in [6.45, 7) is 7.57. The summed E-state index contributed by atoms with van der Waals surface area (Å²) in [6.07, 6.45) is 0. The Hall–Kier alpha value is -3.08. The molecular formula is C22H23F3N4O3S. The van der Waals surface area contributed by atoms with Gasteiger partial charge in [-0.25, -0.2) is 14.8 Å². The molecule has 1 aromatic carbocycles. The van der Waals surface area contributed by atoms with Gasteiger partial charge in [-0.15, -0.1) is 0 Å². The molecule has 0 aliphatic carbocycles. The fraction of sp³-hybridized carbons (Fsp3) is 0.364. The average Bonchev–Trinajstić information content (AvgIpc) is 3.06. The Balaban J connectivity index is 2.22. The molecule has 0 saturated carbocycles. The number of thioether (sulfide) groups is 1. The molecule has 0 aliphatic heterocycles. The van der Waals surface area contributed by atoms with E-state index in [0.717, 1.165) is 0 Å². The third kappa shape index (κ3) is 5.47. The van der Waals surface area contributed by atoms with Gasteiger partial charge in [-0.2, -0.15) is 13.2 Å². The first kappa shape index (κ1) is 24.6. The number of alkyl halides is 3. The summed E-state index contributed by atoms with van der Waals surface area (Å²) in [5, 5.41) is 4.03. The topological polar surface area (TPSA) is 78.6 Å². The van der Waals surface area contributed by atoms with E-state index in [4.69, 9.17) is 9.57 Å². The lowest BCUT2D eigenvalue weighted by molar-refractivity contribution is -0.0328. The zero-order valence-corrected chi connectivity index (χ0v) is 19.6. The van der Waals surface area contributed by atoms with E-state index in [2.05, 4.69) is 15.1 Å². The number of ether oxygens (including phenoxy) is 1. The Morgan fingerprint density at radius 2 is 1.91 bits per heavy atom. The number of imidazole rings is 1. The van der Waals surface area contributed by atoms with Gasteiger partial charge in [-0.05, 0) is 69.3 Å². The van der Waals surface area contributed by atoms with Gasteiger partial charge in [0.2, 0.25) is 0 Å². The first-order chi connectivity index (χ1) is 15.6. The van der Waals surface area contributed by atoms with Crippen molar-refractivity contribution in [1.29, 1.82) is 0 Å². The van der Waals surface area contributed by atoms with Crippen LogP contribution in [0.4, 0.5) is 13.2 Å². The minimum atomic E-state index is -4.41. The van der Waals surface area contributed by atoms with Crippen LogP contribution in [0.15, 0.2) is 34.3 Å². The van der Waals surface area contributed by atoms with Crippen LogP contribution >= 0.6 is 11.8 Å². The molecule has 11 heteroatoms. The number of pyridine rings is 1. The number of fused-ring (bicyclic) bond motifs is 1. The first-order valence-electron chi connectivity index (χ1n) is 10.1. The normalized spacial score (nSPS) is 12.3. The molecule has 176 valence electrons. The number of carbonyl (C=O) groups is 1. The number of nitrogens with zero attached hydrogens (tertiary/aromatic N) is 4. The molecule has 0 amide bonds. The van der Waals surface area contributed by atoms with E-state index in [0.29, 0.717) is 40.4 Å². The Bertz CT molecular complexity index is 1220. The third-order valence-corrected chi connectivity index (χ3v) is 5.40. The molecular weight excluding hydrogens is 457 g/mol. The molecule has 0 atom stereocenters. The number of esters is 1. The minimum absolute atomic E-state index is 0.0162. The molecule has 0 spiro atoms. The molecule has 0 radical (unpaired) electrons. The maximum atomic E-state index is 12.8. The first-order valence-corrected chi connectivity index (χ1v) is 11.0. The largest absolute Gasteiger partial charge is 0.462 e. The van der Waals surface area contributed by atoms with Gasteiger partial charge in [0.05, 0.1) is 28.9 Å². The summed E-state index contributed by atoms with van der Waals surface area (Å²) in [6, 6.07) is 5.94. The van der Waals surface area contributed by atoms with Crippen LogP contribution in [0.3, 0.4) is 0 Å². The van der Waals surface area contributed by atoms with Crippen molar-refractivity contribution < 1.29 is 27.5 Å². The molecule has 2 heterocycles. The third-order valence-electron chi connectivity index (χ3n) is 4.68. The van der Waals surface area contributed by atoms with Crippen LogP contribution in [0.25, 0.3) is 22.6 Å². The monoisotopic (exact) mass is 480 g/mol. The highest BCUT2D eigenvalue weighted by atomic mass is 32.2. The van der Waals surface area contributed by atoms with Crippen molar-refractivity contribution in [3.8, 4) is 11.5 Å². The van der Waals surface area contributed by atoms with Gasteiger partial charge < -0.3 is 14.1 Å². The Morgan fingerprint density at radius 3 is 2.55 bits per heavy atom. The van der Waals surface area contributed by atoms with E-state index < -0.39 is 11.5 Å². The highest BCUT2D eigenvalue weighted by molar-refractivity contribution is 8.00. The zero-order chi connectivity index (χ0) is 24.3. The van der Waals surface area contributed by atoms with E-state index in [1.165, 1.54) is 12.1 Å². The molecule has 3 rings (SSSR count). The molecule has 0 fully saturated rings. The maximum absolute atomic E-state index is 12.8. The van der Waals surface area contributed by atoms with Gasteiger partial charge in [0, 0.05) is 11.9 Å². The number of oxime groups is 1. The van der Waals surface area contributed by atoms with Crippen molar-refractivity contribution in [2.24, 2.45) is 12.2 Å². The van der Waals surface area contributed by atoms with Gasteiger partial charge in [0.25, 0.3) is 0 Å². The van der Waals surface area contributed by atoms with Gasteiger partial charge in [-0.3, -0.25) is 0 Å². The van der Waals surface area contributed by atoms with Crippen molar-refractivity contribution in [2.75, 3.05) is 13.2 Å². The zero-order valence-electron chi connectivity index (χ0n) is 18.8. The number of carbonyl (C=O) groups excluding carboxylic acids is 1. The van der Waals surface area contributed by atoms with Crippen LogP contribution in [-0.4, -0.2) is 44.9 Å². The van der Waals surface area contributed by atoms with E-state index in [1.807, 2.05) is 0 Å². The number of aromatic nitrogens is 3. The fourth-order valence-electron chi connectivity index (χ4n) is 3.31. The van der Waals surface area contributed by atoms with Crippen molar-refractivity contribution in [3.63, 3.8) is 0 Å². The highest BCUT2D eigenvalue weighted by Crippen LogP contribution is 2.38. The predicted molar refractivity (Wildman–Crippen MR) is 120 cm³/mol. The quantitative estimate of drug-likeness (QED) is 0.193. The number of halogens is 3. The lowest BCUT2D eigenvalue weighted by atomic mass is 10.1. The molecule has 0 unspecified atom stereocenters. The second-order valence-corrected chi connectivity index (χ2v) is 8.20. The second-order valence-electron chi connectivity index (χ2n) is 7.06. The summed E-state index contributed by atoms with van der Waals surface area (Å²) in [5.74, 6) is -0.262. The summed E-state index contributed by atoms with van der Waals surface area (Å²) in [7, 11) is 1.71. The van der Waals surface area contributed by atoms with Crippen LogP contribution in [0.1, 0.15) is 42.4 Å². The van der Waals surface area contributed by atoms with E-state index in [9.17, 15) is 18.0 Å². The van der Waals surface area contributed by atoms with Gasteiger partial charge in [0.1, 0.15) is 18.0 Å². The predicted octanol–water partition coefficient (Wildman–Crippen LogP) is 5.49. The van der Waals surface area contributed by atoms with Gasteiger partial charge in [-0.1, -0.05) is 5.16 Å². The number of benzene rings is 1. The summed E-state index contributed by atoms with van der Waals surface area (Å²) in [5.41, 5.74) is -1.33. The Kier molecular flexibility index (Phi) is 7.31. The lowest BCUT2D eigenvalue weighted by Crippen LogP contribution is -2.13. The summed E-state index contributed by atoms with van der Waals surface area (Å²) < 4.78 is 45.3. The van der Waals surface area contributed by atoms with Crippen LogP contribution < -0.4 is 0 Å². The SMILES string of the molecule is CCO/N=C(\C)c1nc(-c2nc3cc(SC(F)(F)F)ccc3n2C)c(C(=O)OCC)cc1C. The molecule has 7 nitrogen and oxygen atoms in total. The van der Waals surface area contributed by atoms with E-state index >= 15 is 0 Å². The molecule has 3 aromatic rings. The van der Waals surface area contributed by atoms with E-state index in [1.54, 1.807) is 51.4 Å². The molecule has 0 aliphatic rings. The molecule has 0 saturated heterocycles. The minimum Gasteiger partial charge on any atom is -0.462 e. The number of rotatable bonds is 7. The molecule has 0 N–H and O–H groups in total. The van der Waals surface area contributed by atoms with Crippen LogP contribution in [0, 0.1) is 6.92 Å². The Labute approximate surface area is 193 Å². The fourth-order valence-corrected chi connectivity index (χ4v) is 3.88. The van der Waals surface area contributed by atoms with Gasteiger partial charge in [0.15, 0.2) is 5.82 Å². The molecule has 33 heavy (non-hydrogen) atoms. The van der Waals surface area contributed by atoms with Crippen molar-refractivity contribution in [3.05, 3.63) is 41.1 Å². The summed E-state index contributed by atoms with van der Waals surface area (Å²) >= 11 is -0.212. The van der Waals surface area contributed by atoms with E-state index in [-0.39, 0.29) is 34.5 Å². The maximum Gasteiger partial charge on any atom is 0.446 e. The van der Waals surface area contributed by atoms with Crippen LogP contribution in [0.2, 0.25) is 0 Å². The van der Waals surface area contributed by atoms with Crippen molar-refractivity contribution in [2.45, 2.75) is 38.1 Å². The highest BCUT2D eigenvalue weighted by Gasteiger charge is 2.30. The van der Waals surface area contributed by atoms with Crippen molar-refractivity contribution in [1.82, 2.24) is 14.5 Å². The number of hydrogen-bond donors (Lipinski definition) is 0. The van der Waals surface area contributed by atoms with Crippen LogP contribution in [-0.2, 0) is 16.6 Å². The van der Waals surface area contributed by atoms with Crippen molar-refractivity contribution >= 4 is 34.5 Å². The number of hydrogen-bond acceptors (Lipinski definition) is 7. The average molecular weight is 481 g/mol.